The molecule has 5 rings (SSSR count). The smallest absolute Gasteiger partial charge is 0.166 e. The van der Waals surface area contributed by atoms with E-state index in [9.17, 15) is 5.11 Å². The van der Waals surface area contributed by atoms with E-state index in [4.69, 9.17) is 9.47 Å². The fourth-order valence-electron chi connectivity index (χ4n) is 5.65. The number of aliphatic hydroxyl groups is 1. The van der Waals surface area contributed by atoms with Crippen LogP contribution in [0.1, 0.15) is 35.1 Å². The van der Waals surface area contributed by atoms with Crippen molar-refractivity contribution in [2.45, 2.75) is 50.5 Å². The maximum Gasteiger partial charge on any atom is 0.166 e. The van der Waals surface area contributed by atoms with E-state index in [1.54, 1.807) is 7.11 Å². The number of rotatable bonds is 3. The van der Waals surface area contributed by atoms with Crippen molar-refractivity contribution in [1.29, 1.82) is 0 Å². The highest BCUT2D eigenvalue weighted by Gasteiger charge is 2.55. The summed E-state index contributed by atoms with van der Waals surface area (Å²) in [5, 5.41) is 10.3. The molecule has 2 aromatic rings. The van der Waals surface area contributed by atoms with Crippen LogP contribution in [0.25, 0.3) is 0 Å². The van der Waals surface area contributed by atoms with Crippen LogP contribution >= 0.6 is 0 Å². The van der Waals surface area contributed by atoms with E-state index < -0.39 is 6.10 Å². The summed E-state index contributed by atoms with van der Waals surface area (Å²) in [6, 6.07) is 12.9. The molecular formula is C25H30NO3+. The predicted octanol–water partition coefficient (Wildman–Crippen LogP) is 3.87. The number of aryl methyl sites for hydroxylation is 1. The van der Waals surface area contributed by atoms with Crippen molar-refractivity contribution in [1.82, 2.24) is 0 Å². The van der Waals surface area contributed by atoms with Crippen molar-refractivity contribution in [3.63, 3.8) is 0 Å². The molecule has 0 bridgehead atoms. The molecule has 4 atom stereocenters. The second-order valence-corrected chi connectivity index (χ2v) is 9.28. The van der Waals surface area contributed by atoms with Gasteiger partial charge in [-0.1, -0.05) is 42.5 Å². The Bertz CT molecular complexity index is 970. The van der Waals surface area contributed by atoms with Gasteiger partial charge in [-0.25, -0.2) is 0 Å². The first-order chi connectivity index (χ1) is 13.9. The van der Waals surface area contributed by atoms with Crippen LogP contribution < -0.4 is 9.47 Å². The molecule has 3 aliphatic rings. The number of methoxy groups -OCH3 is 1. The van der Waals surface area contributed by atoms with E-state index >= 15 is 0 Å². The van der Waals surface area contributed by atoms with Gasteiger partial charge in [0.2, 0.25) is 0 Å². The molecule has 4 nitrogen and oxygen atoms in total. The predicted molar refractivity (Wildman–Crippen MR) is 113 cm³/mol. The van der Waals surface area contributed by atoms with Gasteiger partial charge in [0.05, 0.1) is 32.2 Å². The van der Waals surface area contributed by atoms with Gasteiger partial charge in [-0.2, -0.15) is 0 Å². The zero-order chi connectivity index (χ0) is 20.2. The first kappa shape index (κ1) is 18.7. The second-order valence-electron chi connectivity index (χ2n) is 9.28. The number of hydrogen-bond acceptors (Lipinski definition) is 3. The van der Waals surface area contributed by atoms with Gasteiger partial charge in [0.15, 0.2) is 11.5 Å². The quantitative estimate of drug-likeness (QED) is 0.637. The molecule has 2 aliphatic heterocycles. The second kappa shape index (κ2) is 6.61. The topological polar surface area (TPSA) is 38.7 Å². The van der Waals surface area contributed by atoms with Crippen molar-refractivity contribution in [2.75, 3.05) is 20.7 Å². The minimum atomic E-state index is -0.441. The van der Waals surface area contributed by atoms with Crippen LogP contribution in [0.15, 0.2) is 48.6 Å². The monoisotopic (exact) mass is 392 g/mol. The maximum atomic E-state index is 10.3. The lowest BCUT2D eigenvalue weighted by Gasteiger charge is -2.37. The Labute approximate surface area is 173 Å². The fourth-order valence-corrected chi connectivity index (χ4v) is 5.65. The van der Waals surface area contributed by atoms with Crippen molar-refractivity contribution in [2.24, 2.45) is 0 Å². The zero-order valence-electron chi connectivity index (χ0n) is 17.5. The van der Waals surface area contributed by atoms with Gasteiger partial charge in [-0.05, 0) is 18.6 Å². The molecule has 3 unspecified atom stereocenters. The summed E-state index contributed by atoms with van der Waals surface area (Å²) in [4.78, 5) is 0. The lowest BCUT2D eigenvalue weighted by Crippen LogP contribution is -2.46. The van der Waals surface area contributed by atoms with Gasteiger partial charge in [0, 0.05) is 29.5 Å². The van der Waals surface area contributed by atoms with E-state index in [-0.39, 0.29) is 11.5 Å². The average Bonchev–Trinajstić information content (AvgIpc) is 2.97. The number of ether oxygens (including phenoxy) is 2. The maximum absolute atomic E-state index is 10.3. The molecule has 0 saturated carbocycles. The first-order valence-electron chi connectivity index (χ1n) is 10.6. The van der Waals surface area contributed by atoms with E-state index in [1.165, 1.54) is 22.3 Å². The van der Waals surface area contributed by atoms with E-state index in [0.29, 0.717) is 6.42 Å². The fraction of sp³-hybridized carbons (Fsp3) is 0.440. The van der Waals surface area contributed by atoms with Gasteiger partial charge < -0.3 is 19.1 Å². The Kier molecular flexibility index (Phi) is 4.27. The Morgan fingerprint density at radius 1 is 1.28 bits per heavy atom. The largest absolute Gasteiger partial charge is 0.493 e. The summed E-state index contributed by atoms with van der Waals surface area (Å²) in [5.74, 6) is 1.71. The molecule has 4 heteroatoms. The van der Waals surface area contributed by atoms with E-state index in [2.05, 4.69) is 56.4 Å². The van der Waals surface area contributed by atoms with Crippen LogP contribution in [0.4, 0.5) is 0 Å². The minimum absolute atomic E-state index is 0.0322. The Morgan fingerprint density at radius 2 is 2.07 bits per heavy atom. The minimum Gasteiger partial charge on any atom is -0.493 e. The van der Waals surface area contributed by atoms with Crippen molar-refractivity contribution in [3.05, 3.63) is 70.8 Å². The zero-order valence-corrected chi connectivity index (χ0v) is 17.5. The summed E-state index contributed by atoms with van der Waals surface area (Å²) in [6.07, 6.45) is 5.38. The van der Waals surface area contributed by atoms with Crippen LogP contribution in [0.2, 0.25) is 0 Å². The van der Waals surface area contributed by atoms with Crippen LogP contribution in [0.3, 0.4) is 0 Å². The molecule has 0 aromatic heterocycles. The third kappa shape index (κ3) is 2.89. The number of quaternary nitrogens is 1. The third-order valence-electron chi connectivity index (χ3n) is 7.18. The highest BCUT2D eigenvalue weighted by atomic mass is 16.5. The lowest BCUT2D eigenvalue weighted by atomic mass is 9.68. The normalized spacial score (nSPS) is 32.1. The Morgan fingerprint density at radius 3 is 2.83 bits per heavy atom. The van der Waals surface area contributed by atoms with Crippen molar-refractivity contribution >= 4 is 0 Å². The molecule has 0 saturated heterocycles. The molecule has 152 valence electrons. The average molecular weight is 393 g/mol. The van der Waals surface area contributed by atoms with Gasteiger partial charge in [-0.3, -0.25) is 0 Å². The first-order valence-corrected chi connectivity index (χ1v) is 10.6. The van der Waals surface area contributed by atoms with Gasteiger partial charge in [0.1, 0.15) is 19.2 Å². The summed E-state index contributed by atoms with van der Waals surface area (Å²) in [5.41, 5.74) is 5.16. The Hall–Kier alpha value is -2.30. The van der Waals surface area contributed by atoms with E-state index in [0.717, 1.165) is 42.0 Å². The third-order valence-corrected chi connectivity index (χ3v) is 7.18. The summed E-state index contributed by atoms with van der Waals surface area (Å²) in [6.45, 7) is 5.24. The summed E-state index contributed by atoms with van der Waals surface area (Å²) < 4.78 is 13.2. The number of nitrogens with zero attached hydrogens (tertiary/aromatic N) is 1. The molecule has 29 heavy (non-hydrogen) atoms. The SMILES string of the molecule is COc1cc(C)c2c3c1OC1C[C@H](O)C=CC31CC[N+](C)(Cc1ccccc1)C2. The molecule has 1 spiro atoms. The molecule has 0 fully saturated rings. The molecule has 2 aromatic carbocycles. The highest BCUT2D eigenvalue weighted by Crippen LogP contribution is 2.57. The number of benzene rings is 2. The van der Waals surface area contributed by atoms with Gasteiger partial charge in [0.25, 0.3) is 0 Å². The van der Waals surface area contributed by atoms with Crippen molar-refractivity contribution < 1.29 is 19.1 Å². The van der Waals surface area contributed by atoms with Crippen LogP contribution in [0.5, 0.6) is 11.5 Å². The van der Waals surface area contributed by atoms with Crippen LogP contribution in [0, 0.1) is 6.92 Å². The van der Waals surface area contributed by atoms with Crippen molar-refractivity contribution in [3.8, 4) is 11.5 Å². The molecule has 1 aliphatic carbocycles. The molecule has 2 heterocycles. The van der Waals surface area contributed by atoms with Crippen LogP contribution in [-0.2, 0) is 18.5 Å². The van der Waals surface area contributed by atoms with Gasteiger partial charge in [-0.15, -0.1) is 0 Å². The summed E-state index contributed by atoms with van der Waals surface area (Å²) >= 11 is 0. The highest BCUT2D eigenvalue weighted by molar-refractivity contribution is 5.63. The van der Waals surface area contributed by atoms with Gasteiger partial charge >= 0.3 is 0 Å². The summed E-state index contributed by atoms with van der Waals surface area (Å²) in [7, 11) is 4.09. The molecule has 0 amide bonds. The van der Waals surface area contributed by atoms with E-state index in [1.807, 2.05) is 6.08 Å². The number of hydrogen-bond donors (Lipinski definition) is 1. The Balaban J connectivity index is 1.65. The lowest BCUT2D eigenvalue weighted by molar-refractivity contribution is -0.935. The molecular weight excluding hydrogens is 362 g/mol. The number of aliphatic hydroxyl groups excluding tert-OH is 1. The standard InChI is InChI=1S/C25H30NO3/c1-17-13-21(28-3)24-23-20(17)16-26(2,15-18-7-5-4-6-8-18)12-11-25(23)10-9-19(27)14-22(25)29-24/h4-10,13,19,22,27H,11-12,14-16H2,1-3H3/q+1/t19-,22?,25?,26?/m1/s1. The molecule has 0 radical (unpaired) electrons. The molecule has 1 N–H and O–H groups in total. The van der Waals surface area contributed by atoms with Crippen LogP contribution in [-0.4, -0.2) is 42.5 Å².